The van der Waals surface area contributed by atoms with E-state index in [0.717, 1.165) is 32.1 Å². The lowest BCUT2D eigenvalue weighted by atomic mass is 10.0. The highest BCUT2D eigenvalue weighted by Crippen LogP contribution is 2.17. The van der Waals surface area contributed by atoms with E-state index in [1.54, 1.807) is 0 Å². The van der Waals surface area contributed by atoms with E-state index < -0.39 is 0 Å². The number of rotatable bonds is 3. The Morgan fingerprint density at radius 3 is 2.75 bits per heavy atom. The summed E-state index contributed by atoms with van der Waals surface area (Å²) in [6.45, 7) is 6.23. The maximum absolute atomic E-state index is 5.63. The first-order chi connectivity index (χ1) is 7.81. The molecule has 2 N–H and O–H groups in total. The van der Waals surface area contributed by atoms with E-state index in [0.29, 0.717) is 12.5 Å². The fraction of sp³-hybridized carbons (Fsp3) is 0.583. The minimum Gasteiger partial charge on any atom is -0.378 e. The molecular weight excluding hydrogens is 202 g/mol. The Labute approximate surface area is 96.4 Å². The van der Waals surface area contributed by atoms with Crippen molar-refractivity contribution in [3.63, 3.8) is 0 Å². The average Bonchev–Trinajstić information content (AvgIpc) is 2.39. The molecule has 0 aliphatic carbocycles. The van der Waals surface area contributed by atoms with Gasteiger partial charge in [-0.15, -0.1) is 0 Å². The van der Waals surface area contributed by atoms with E-state index in [1.807, 2.05) is 6.20 Å². The summed E-state index contributed by atoms with van der Waals surface area (Å²) in [4.78, 5) is 6.74. The van der Waals surface area contributed by atoms with E-state index >= 15 is 0 Å². The van der Waals surface area contributed by atoms with Gasteiger partial charge in [-0.05, 0) is 24.1 Å². The van der Waals surface area contributed by atoms with Crippen LogP contribution in [0.25, 0.3) is 0 Å². The van der Waals surface area contributed by atoms with Crippen LogP contribution in [0.5, 0.6) is 0 Å². The molecule has 4 heteroatoms. The van der Waals surface area contributed by atoms with Crippen LogP contribution in [0.4, 0.5) is 5.82 Å². The van der Waals surface area contributed by atoms with Crippen molar-refractivity contribution >= 4 is 5.82 Å². The van der Waals surface area contributed by atoms with Gasteiger partial charge in [0.15, 0.2) is 0 Å². The smallest absolute Gasteiger partial charge is 0.128 e. The lowest BCUT2D eigenvalue weighted by molar-refractivity contribution is 0.122. The van der Waals surface area contributed by atoms with Gasteiger partial charge in [-0.25, -0.2) is 4.98 Å². The minimum atomic E-state index is 0.381. The molecule has 2 heterocycles. The van der Waals surface area contributed by atoms with Crippen LogP contribution >= 0.6 is 0 Å². The zero-order valence-corrected chi connectivity index (χ0v) is 9.72. The van der Waals surface area contributed by atoms with E-state index in [-0.39, 0.29) is 0 Å². The summed E-state index contributed by atoms with van der Waals surface area (Å²) in [5.74, 6) is 1.42. The van der Waals surface area contributed by atoms with E-state index in [4.69, 9.17) is 10.5 Å². The van der Waals surface area contributed by atoms with E-state index in [9.17, 15) is 0 Å². The molecule has 1 atom stereocenters. The first-order valence-corrected chi connectivity index (χ1v) is 5.80. The monoisotopic (exact) mass is 221 g/mol. The summed E-state index contributed by atoms with van der Waals surface area (Å²) in [7, 11) is 0. The van der Waals surface area contributed by atoms with Gasteiger partial charge in [0.1, 0.15) is 5.82 Å². The van der Waals surface area contributed by atoms with Gasteiger partial charge < -0.3 is 15.4 Å². The van der Waals surface area contributed by atoms with Gasteiger partial charge in [-0.1, -0.05) is 13.0 Å². The zero-order chi connectivity index (χ0) is 11.4. The molecule has 4 nitrogen and oxygen atoms in total. The predicted molar refractivity (Wildman–Crippen MR) is 64.7 cm³/mol. The first-order valence-electron chi connectivity index (χ1n) is 5.80. The van der Waals surface area contributed by atoms with Gasteiger partial charge in [0.2, 0.25) is 0 Å². The number of ether oxygens (including phenoxy) is 1. The second-order valence-electron chi connectivity index (χ2n) is 4.19. The molecule has 1 saturated heterocycles. The number of morpholine rings is 1. The summed E-state index contributed by atoms with van der Waals surface area (Å²) in [6, 6.07) is 4.20. The van der Waals surface area contributed by atoms with Crippen LogP contribution in [0, 0.1) is 0 Å². The van der Waals surface area contributed by atoms with Crippen molar-refractivity contribution in [2.75, 3.05) is 37.7 Å². The summed E-state index contributed by atoms with van der Waals surface area (Å²) in [5, 5.41) is 0. The van der Waals surface area contributed by atoms with Crippen molar-refractivity contribution in [2.24, 2.45) is 5.73 Å². The van der Waals surface area contributed by atoms with E-state index in [2.05, 4.69) is 28.9 Å². The number of hydrogen-bond donors (Lipinski definition) is 1. The Morgan fingerprint density at radius 2 is 2.19 bits per heavy atom. The molecule has 0 radical (unpaired) electrons. The molecule has 2 rings (SSSR count). The molecule has 1 aliphatic rings. The van der Waals surface area contributed by atoms with Crippen LogP contribution < -0.4 is 10.6 Å². The van der Waals surface area contributed by atoms with Crippen LogP contribution in [0.1, 0.15) is 18.4 Å². The lowest BCUT2D eigenvalue weighted by Gasteiger charge is -2.27. The zero-order valence-electron chi connectivity index (χ0n) is 9.72. The van der Waals surface area contributed by atoms with Gasteiger partial charge in [0.25, 0.3) is 0 Å². The molecule has 0 saturated carbocycles. The van der Waals surface area contributed by atoms with Crippen molar-refractivity contribution in [1.82, 2.24) is 4.98 Å². The maximum Gasteiger partial charge on any atom is 0.128 e. The largest absolute Gasteiger partial charge is 0.378 e. The predicted octanol–water partition coefficient (Wildman–Crippen LogP) is 0.980. The molecule has 1 unspecified atom stereocenters. The standard InChI is InChI=1S/C12H19N3O/c1-10(8-13)11-2-3-12(14-9-11)15-4-6-16-7-5-15/h2-3,9-10H,4-8,13H2,1H3. The molecule has 1 aromatic heterocycles. The minimum absolute atomic E-state index is 0.381. The Hall–Kier alpha value is -1.13. The quantitative estimate of drug-likeness (QED) is 0.826. The number of anilines is 1. The Bertz CT molecular complexity index is 320. The highest BCUT2D eigenvalue weighted by Gasteiger charge is 2.12. The number of aromatic nitrogens is 1. The normalized spacial score (nSPS) is 18.5. The van der Waals surface area contributed by atoms with Gasteiger partial charge in [-0.2, -0.15) is 0 Å². The molecule has 1 fully saturated rings. The van der Waals surface area contributed by atoms with Crippen LogP contribution in [-0.2, 0) is 4.74 Å². The summed E-state index contributed by atoms with van der Waals surface area (Å²) in [6.07, 6.45) is 1.93. The van der Waals surface area contributed by atoms with Crippen LogP contribution in [0.3, 0.4) is 0 Å². The molecular formula is C12H19N3O. The molecule has 0 bridgehead atoms. The molecule has 16 heavy (non-hydrogen) atoms. The van der Waals surface area contributed by atoms with Crippen molar-refractivity contribution in [1.29, 1.82) is 0 Å². The SMILES string of the molecule is CC(CN)c1ccc(N2CCOCC2)nc1. The van der Waals surface area contributed by atoms with Gasteiger partial charge in [-0.3, -0.25) is 0 Å². The molecule has 88 valence electrons. The van der Waals surface area contributed by atoms with Crippen LogP contribution in [0.15, 0.2) is 18.3 Å². The molecule has 0 spiro atoms. The number of pyridine rings is 1. The Morgan fingerprint density at radius 1 is 1.44 bits per heavy atom. The van der Waals surface area contributed by atoms with E-state index in [1.165, 1.54) is 5.56 Å². The number of hydrogen-bond acceptors (Lipinski definition) is 4. The second kappa shape index (κ2) is 5.27. The average molecular weight is 221 g/mol. The van der Waals surface area contributed by atoms with Crippen molar-refractivity contribution in [3.05, 3.63) is 23.9 Å². The Balaban J connectivity index is 2.06. The Kier molecular flexibility index (Phi) is 3.74. The summed E-state index contributed by atoms with van der Waals surface area (Å²) >= 11 is 0. The maximum atomic E-state index is 5.63. The first kappa shape index (κ1) is 11.4. The number of nitrogens with two attached hydrogens (primary N) is 1. The molecule has 1 aromatic rings. The highest BCUT2D eigenvalue weighted by molar-refractivity contribution is 5.40. The molecule has 0 aromatic carbocycles. The third kappa shape index (κ3) is 2.51. The summed E-state index contributed by atoms with van der Waals surface area (Å²) < 4.78 is 5.31. The van der Waals surface area contributed by atoms with Crippen LogP contribution in [0.2, 0.25) is 0 Å². The lowest BCUT2D eigenvalue weighted by Crippen LogP contribution is -2.36. The molecule has 1 aliphatic heterocycles. The number of nitrogens with zero attached hydrogens (tertiary/aromatic N) is 2. The third-order valence-corrected chi connectivity index (χ3v) is 3.03. The second-order valence-corrected chi connectivity index (χ2v) is 4.19. The van der Waals surface area contributed by atoms with Gasteiger partial charge in [0, 0.05) is 19.3 Å². The summed E-state index contributed by atoms with van der Waals surface area (Å²) in [5.41, 5.74) is 6.84. The van der Waals surface area contributed by atoms with Gasteiger partial charge >= 0.3 is 0 Å². The van der Waals surface area contributed by atoms with Gasteiger partial charge in [0.05, 0.1) is 13.2 Å². The highest BCUT2D eigenvalue weighted by atomic mass is 16.5. The third-order valence-electron chi connectivity index (χ3n) is 3.03. The van der Waals surface area contributed by atoms with Crippen molar-refractivity contribution in [3.8, 4) is 0 Å². The molecule has 0 amide bonds. The van der Waals surface area contributed by atoms with Crippen molar-refractivity contribution < 1.29 is 4.74 Å². The fourth-order valence-corrected chi connectivity index (χ4v) is 1.80. The fourth-order valence-electron chi connectivity index (χ4n) is 1.80. The van der Waals surface area contributed by atoms with Crippen LogP contribution in [-0.4, -0.2) is 37.8 Å². The topological polar surface area (TPSA) is 51.4 Å². The van der Waals surface area contributed by atoms with Crippen molar-refractivity contribution in [2.45, 2.75) is 12.8 Å².